The first-order valence-corrected chi connectivity index (χ1v) is 9.00. The predicted molar refractivity (Wildman–Crippen MR) is 94.2 cm³/mol. The number of carbonyl (C=O) groups excluding carboxylic acids is 1. The Labute approximate surface area is 151 Å². The largest absolute Gasteiger partial charge is 0.349 e. The van der Waals surface area contributed by atoms with Crippen LogP contribution < -0.4 is 5.32 Å². The number of nitrogens with zero attached hydrogens (tertiary/aromatic N) is 3. The van der Waals surface area contributed by atoms with E-state index in [0.717, 1.165) is 43.0 Å². The van der Waals surface area contributed by atoms with Gasteiger partial charge in [0.1, 0.15) is 5.82 Å². The lowest BCUT2D eigenvalue weighted by atomic mass is 10.1. The van der Waals surface area contributed by atoms with Crippen LogP contribution >= 0.6 is 23.2 Å². The number of hydrogen-bond donors (Lipinski definition) is 1. The lowest BCUT2D eigenvalue weighted by Gasteiger charge is -2.09. The maximum Gasteiger partial charge on any atom is 0.220 e. The van der Waals surface area contributed by atoms with Crippen molar-refractivity contribution in [1.82, 2.24) is 20.1 Å². The van der Waals surface area contributed by atoms with Crippen molar-refractivity contribution >= 4 is 29.1 Å². The van der Waals surface area contributed by atoms with Crippen LogP contribution in [0.3, 0.4) is 0 Å². The highest BCUT2D eigenvalue weighted by molar-refractivity contribution is 6.35. The molecule has 0 bridgehead atoms. The first kappa shape index (κ1) is 17.2. The minimum absolute atomic E-state index is 0.0213. The van der Waals surface area contributed by atoms with Gasteiger partial charge in [-0.15, -0.1) is 10.2 Å². The van der Waals surface area contributed by atoms with Crippen LogP contribution in [0.5, 0.6) is 0 Å². The smallest absolute Gasteiger partial charge is 0.220 e. The van der Waals surface area contributed by atoms with Gasteiger partial charge in [-0.3, -0.25) is 4.79 Å². The Morgan fingerprint density at radius 1 is 1.21 bits per heavy atom. The molecule has 0 aliphatic carbocycles. The highest BCUT2D eigenvalue weighted by Crippen LogP contribution is 2.22. The second-order valence-electron chi connectivity index (χ2n) is 6.01. The standard InChI is InChI=1S/C17H20Cl2N4O/c18-13-7-5-12(14(19)10-13)6-8-17(24)20-11-16-22-21-15-4-2-1-3-9-23(15)16/h5,7,10H,1-4,6,8-9,11H2,(H,20,24). The number of fused-ring (bicyclic) bond motifs is 1. The van der Waals surface area contributed by atoms with Gasteiger partial charge in [-0.1, -0.05) is 35.7 Å². The van der Waals surface area contributed by atoms with Crippen LogP contribution in [0.1, 0.15) is 42.9 Å². The third-order valence-electron chi connectivity index (χ3n) is 4.27. The van der Waals surface area contributed by atoms with Gasteiger partial charge in [0, 0.05) is 29.4 Å². The Hall–Kier alpha value is -1.59. The molecule has 1 aliphatic heterocycles. The first-order valence-electron chi connectivity index (χ1n) is 8.25. The number of aromatic nitrogens is 3. The molecule has 2 heterocycles. The molecular formula is C17H20Cl2N4O. The van der Waals surface area contributed by atoms with Crippen molar-refractivity contribution in [2.24, 2.45) is 0 Å². The van der Waals surface area contributed by atoms with E-state index >= 15 is 0 Å². The number of amides is 1. The molecule has 5 nitrogen and oxygen atoms in total. The van der Waals surface area contributed by atoms with Crippen LogP contribution in [-0.4, -0.2) is 20.7 Å². The van der Waals surface area contributed by atoms with E-state index in [-0.39, 0.29) is 5.91 Å². The second-order valence-corrected chi connectivity index (χ2v) is 6.85. The maximum absolute atomic E-state index is 12.1. The highest BCUT2D eigenvalue weighted by Gasteiger charge is 2.15. The molecule has 0 saturated carbocycles. The van der Waals surface area contributed by atoms with Gasteiger partial charge >= 0.3 is 0 Å². The van der Waals surface area contributed by atoms with Crippen molar-refractivity contribution in [2.75, 3.05) is 0 Å². The molecule has 0 saturated heterocycles. The Morgan fingerprint density at radius 2 is 2.08 bits per heavy atom. The van der Waals surface area contributed by atoms with Crippen molar-refractivity contribution in [3.8, 4) is 0 Å². The minimum atomic E-state index is -0.0213. The molecule has 3 rings (SSSR count). The van der Waals surface area contributed by atoms with E-state index in [2.05, 4.69) is 20.1 Å². The first-order chi connectivity index (χ1) is 11.6. The fraction of sp³-hybridized carbons (Fsp3) is 0.471. The van der Waals surface area contributed by atoms with Crippen LogP contribution in [0.2, 0.25) is 10.0 Å². The zero-order valence-corrected chi connectivity index (χ0v) is 14.9. The number of benzene rings is 1. The molecule has 0 radical (unpaired) electrons. The van der Waals surface area contributed by atoms with E-state index in [9.17, 15) is 4.79 Å². The van der Waals surface area contributed by atoms with Gasteiger partial charge in [0.15, 0.2) is 5.82 Å². The molecule has 0 unspecified atom stereocenters. The molecule has 128 valence electrons. The summed E-state index contributed by atoms with van der Waals surface area (Å²) >= 11 is 12.0. The van der Waals surface area contributed by atoms with Crippen molar-refractivity contribution in [1.29, 1.82) is 0 Å². The number of nitrogens with one attached hydrogen (secondary N) is 1. The Morgan fingerprint density at radius 3 is 2.92 bits per heavy atom. The normalized spacial score (nSPS) is 14.1. The minimum Gasteiger partial charge on any atom is -0.349 e. The lowest BCUT2D eigenvalue weighted by Crippen LogP contribution is -2.25. The van der Waals surface area contributed by atoms with Crippen LogP contribution in [0.4, 0.5) is 0 Å². The summed E-state index contributed by atoms with van der Waals surface area (Å²) in [4.78, 5) is 12.1. The van der Waals surface area contributed by atoms with Crippen molar-refractivity contribution in [3.05, 3.63) is 45.5 Å². The molecule has 1 aromatic heterocycles. The van der Waals surface area contributed by atoms with Crippen LogP contribution in [0.25, 0.3) is 0 Å². The van der Waals surface area contributed by atoms with Gasteiger partial charge in [0.25, 0.3) is 0 Å². The molecule has 0 atom stereocenters. The zero-order chi connectivity index (χ0) is 16.9. The molecule has 1 amide bonds. The summed E-state index contributed by atoms with van der Waals surface area (Å²) in [6, 6.07) is 5.34. The Kier molecular flexibility index (Phi) is 5.74. The molecule has 24 heavy (non-hydrogen) atoms. The molecule has 2 aromatic rings. The van der Waals surface area contributed by atoms with Crippen LogP contribution in [-0.2, 0) is 30.7 Å². The summed E-state index contributed by atoms with van der Waals surface area (Å²) in [7, 11) is 0. The maximum atomic E-state index is 12.1. The molecule has 7 heteroatoms. The number of rotatable bonds is 5. The van der Waals surface area contributed by atoms with Crippen molar-refractivity contribution in [3.63, 3.8) is 0 Å². The predicted octanol–water partition coefficient (Wildman–Crippen LogP) is 3.56. The van der Waals surface area contributed by atoms with Gasteiger partial charge < -0.3 is 9.88 Å². The SMILES string of the molecule is O=C(CCc1ccc(Cl)cc1Cl)NCc1nnc2n1CCCCC2. The van der Waals surface area contributed by atoms with Gasteiger partial charge in [-0.25, -0.2) is 0 Å². The summed E-state index contributed by atoms with van der Waals surface area (Å²) in [5, 5.41) is 12.6. The molecule has 0 fully saturated rings. The molecule has 0 spiro atoms. The third-order valence-corrected chi connectivity index (χ3v) is 4.85. The van der Waals surface area contributed by atoms with Gasteiger partial charge in [-0.2, -0.15) is 0 Å². The number of hydrogen-bond acceptors (Lipinski definition) is 3. The average molecular weight is 367 g/mol. The quantitative estimate of drug-likeness (QED) is 0.879. The Bertz CT molecular complexity index is 729. The van der Waals surface area contributed by atoms with Gasteiger partial charge in [0.2, 0.25) is 5.91 Å². The monoisotopic (exact) mass is 366 g/mol. The number of carbonyl (C=O) groups is 1. The molecular weight excluding hydrogens is 347 g/mol. The van der Waals surface area contributed by atoms with E-state index < -0.39 is 0 Å². The van der Waals surface area contributed by atoms with Gasteiger partial charge in [-0.05, 0) is 37.0 Å². The Balaban J connectivity index is 1.52. The van der Waals surface area contributed by atoms with E-state index in [4.69, 9.17) is 23.2 Å². The molecule has 1 aromatic carbocycles. The van der Waals surface area contributed by atoms with Crippen LogP contribution in [0.15, 0.2) is 18.2 Å². The summed E-state index contributed by atoms with van der Waals surface area (Å²) in [5.74, 6) is 1.85. The van der Waals surface area contributed by atoms with E-state index in [1.54, 1.807) is 12.1 Å². The van der Waals surface area contributed by atoms with Gasteiger partial charge in [0.05, 0.1) is 6.54 Å². The number of aryl methyl sites for hydroxylation is 2. The number of halogens is 2. The van der Waals surface area contributed by atoms with E-state index in [1.165, 1.54) is 6.42 Å². The summed E-state index contributed by atoms with van der Waals surface area (Å²) < 4.78 is 2.14. The lowest BCUT2D eigenvalue weighted by molar-refractivity contribution is -0.121. The summed E-state index contributed by atoms with van der Waals surface area (Å²) in [6.07, 6.45) is 5.45. The summed E-state index contributed by atoms with van der Waals surface area (Å²) in [5.41, 5.74) is 0.924. The third kappa shape index (κ3) is 4.28. The van der Waals surface area contributed by atoms with E-state index in [0.29, 0.717) is 29.4 Å². The topological polar surface area (TPSA) is 59.8 Å². The fourth-order valence-corrected chi connectivity index (χ4v) is 3.42. The van der Waals surface area contributed by atoms with Crippen molar-refractivity contribution < 1.29 is 4.79 Å². The van der Waals surface area contributed by atoms with Crippen LogP contribution in [0, 0.1) is 0 Å². The fourth-order valence-electron chi connectivity index (χ4n) is 2.91. The van der Waals surface area contributed by atoms with E-state index in [1.807, 2.05) is 6.07 Å². The average Bonchev–Trinajstić information content (AvgIpc) is 2.78. The second kappa shape index (κ2) is 7.99. The molecule has 1 aliphatic rings. The summed E-state index contributed by atoms with van der Waals surface area (Å²) in [6.45, 7) is 1.36. The molecule has 1 N–H and O–H groups in total. The van der Waals surface area contributed by atoms with Crippen molar-refractivity contribution in [2.45, 2.75) is 51.6 Å². The zero-order valence-electron chi connectivity index (χ0n) is 13.4. The highest BCUT2D eigenvalue weighted by atomic mass is 35.5.